The van der Waals surface area contributed by atoms with Crippen LogP contribution in [0.5, 0.6) is 0 Å². The Morgan fingerprint density at radius 2 is 1.71 bits per heavy atom. The molecule has 1 N–H and O–H groups in total. The quantitative estimate of drug-likeness (QED) is 0.517. The molecular formula is C25H26N2O4. The van der Waals surface area contributed by atoms with Crippen molar-refractivity contribution in [2.24, 2.45) is 0 Å². The Balaban J connectivity index is 1.83. The number of carbonyl (C=O) groups excluding carboxylic acids is 2. The maximum absolute atomic E-state index is 13.7. The first-order valence-corrected chi connectivity index (χ1v) is 10.9. The van der Waals surface area contributed by atoms with Crippen LogP contribution in [0.25, 0.3) is 10.9 Å². The van der Waals surface area contributed by atoms with Gasteiger partial charge in [-0.2, -0.15) is 0 Å². The number of ether oxygens (including phenoxy) is 2. The Hall–Kier alpha value is -3.12. The fourth-order valence-electron chi connectivity index (χ4n) is 5.38. The zero-order valence-corrected chi connectivity index (χ0v) is 17.8. The highest BCUT2D eigenvalue weighted by atomic mass is 16.6. The molecule has 6 nitrogen and oxygen atoms in total. The summed E-state index contributed by atoms with van der Waals surface area (Å²) in [5, 5.41) is 1.14. The molecule has 2 aliphatic rings. The molecule has 0 amide bonds. The molecule has 0 aliphatic carbocycles. The fourth-order valence-corrected chi connectivity index (χ4v) is 5.38. The van der Waals surface area contributed by atoms with Crippen LogP contribution in [0, 0.1) is 0 Å². The van der Waals surface area contributed by atoms with Crippen LogP contribution in [0.15, 0.2) is 48.5 Å². The van der Waals surface area contributed by atoms with Gasteiger partial charge in [-0.1, -0.05) is 42.5 Å². The van der Waals surface area contributed by atoms with Crippen LogP contribution in [0.4, 0.5) is 0 Å². The number of hydrogen-bond acceptors (Lipinski definition) is 5. The van der Waals surface area contributed by atoms with Crippen LogP contribution in [0.2, 0.25) is 0 Å². The van der Waals surface area contributed by atoms with E-state index in [0.29, 0.717) is 12.1 Å². The van der Waals surface area contributed by atoms with Gasteiger partial charge in [-0.3, -0.25) is 14.5 Å². The van der Waals surface area contributed by atoms with Crippen molar-refractivity contribution in [3.05, 3.63) is 70.9 Å². The van der Waals surface area contributed by atoms with Gasteiger partial charge in [-0.25, -0.2) is 0 Å². The third-order valence-electron chi connectivity index (χ3n) is 6.55. The van der Waals surface area contributed by atoms with E-state index in [1.54, 1.807) is 13.8 Å². The number of carbonyl (C=O) groups is 2. The second-order valence-electron chi connectivity index (χ2n) is 8.09. The summed E-state index contributed by atoms with van der Waals surface area (Å²) < 4.78 is 11.1. The molecule has 3 heterocycles. The summed E-state index contributed by atoms with van der Waals surface area (Å²) in [6.45, 7) is 5.31. The average Bonchev–Trinajstić information content (AvgIpc) is 3.16. The molecule has 0 saturated heterocycles. The molecule has 6 heteroatoms. The number of hydrogen-bond donors (Lipinski definition) is 1. The number of nitrogens with one attached hydrogen (secondary N) is 1. The Morgan fingerprint density at radius 3 is 2.45 bits per heavy atom. The van der Waals surface area contributed by atoms with E-state index in [2.05, 4.69) is 16.0 Å². The van der Waals surface area contributed by atoms with Gasteiger partial charge in [-0.05, 0) is 43.0 Å². The van der Waals surface area contributed by atoms with Gasteiger partial charge in [0.1, 0.15) is 0 Å². The third-order valence-corrected chi connectivity index (χ3v) is 6.55. The van der Waals surface area contributed by atoms with Crippen molar-refractivity contribution in [2.45, 2.75) is 38.3 Å². The number of nitrogens with zero attached hydrogens (tertiary/aromatic N) is 1. The summed E-state index contributed by atoms with van der Waals surface area (Å²) >= 11 is 0. The summed E-state index contributed by atoms with van der Waals surface area (Å²) in [6, 6.07) is 15.3. The topological polar surface area (TPSA) is 71.6 Å². The van der Waals surface area contributed by atoms with Crippen molar-refractivity contribution in [3.63, 3.8) is 0 Å². The number of benzene rings is 2. The van der Waals surface area contributed by atoms with Gasteiger partial charge in [0.2, 0.25) is 5.41 Å². The largest absolute Gasteiger partial charge is 0.465 e. The lowest BCUT2D eigenvalue weighted by Crippen LogP contribution is -2.60. The zero-order chi connectivity index (χ0) is 21.6. The third kappa shape index (κ3) is 2.74. The molecule has 1 unspecified atom stereocenters. The fraction of sp³-hybridized carbons (Fsp3) is 0.360. The summed E-state index contributed by atoms with van der Waals surface area (Å²) in [6.07, 6.45) is 0.847. The molecule has 3 aromatic rings. The molecule has 0 spiro atoms. The van der Waals surface area contributed by atoms with Crippen molar-refractivity contribution in [1.82, 2.24) is 9.88 Å². The highest BCUT2D eigenvalue weighted by molar-refractivity contribution is 6.08. The van der Waals surface area contributed by atoms with Gasteiger partial charge in [0.25, 0.3) is 0 Å². The average molecular weight is 418 g/mol. The lowest BCUT2D eigenvalue weighted by molar-refractivity contribution is -0.171. The Labute approximate surface area is 181 Å². The molecule has 0 fully saturated rings. The minimum absolute atomic E-state index is 0.189. The molecule has 2 aliphatic heterocycles. The highest BCUT2D eigenvalue weighted by Crippen LogP contribution is 2.52. The predicted molar refractivity (Wildman–Crippen MR) is 117 cm³/mol. The van der Waals surface area contributed by atoms with E-state index in [-0.39, 0.29) is 13.2 Å². The van der Waals surface area contributed by atoms with Gasteiger partial charge >= 0.3 is 11.9 Å². The molecule has 2 aromatic carbocycles. The van der Waals surface area contributed by atoms with Crippen LogP contribution in [0.3, 0.4) is 0 Å². The number of H-pyrrole nitrogens is 1. The number of aromatic amines is 1. The number of para-hydroxylation sites is 1. The van der Waals surface area contributed by atoms with E-state index in [1.807, 2.05) is 42.5 Å². The lowest BCUT2D eigenvalue weighted by Gasteiger charge is -2.49. The Bertz CT molecular complexity index is 1150. The molecule has 5 rings (SSSR count). The Morgan fingerprint density at radius 1 is 1.03 bits per heavy atom. The minimum atomic E-state index is -1.59. The monoisotopic (exact) mass is 418 g/mol. The van der Waals surface area contributed by atoms with E-state index in [4.69, 9.17) is 9.47 Å². The molecule has 0 bridgehead atoms. The highest BCUT2D eigenvalue weighted by Gasteiger charge is 2.63. The molecule has 160 valence electrons. The molecule has 0 radical (unpaired) electrons. The first-order valence-electron chi connectivity index (χ1n) is 10.9. The zero-order valence-electron chi connectivity index (χ0n) is 17.8. The van der Waals surface area contributed by atoms with Crippen LogP contribution in [-0.4, -0.2) is 41.6 Å². The normalized spacial score (nSPS) is 19.2. The van der Waals surface area contributed by atoms with Crippen LogP contribution >= 0.6 is 0 Å². The molecule has 0 saturated carbocycles. The van der Waals surface area contributed by atoms with E-state index in [9.17, 15) is 9.59 Å². The van der Waals surface area contributed by atoms with Crippen LogP contribution < -0.4 is 0 Å². The SMILES string of the molecule is CCOC(=O)C1(C(=O)OCC)c2ccccc2CN2CCc3c([nH]c4ccccc34)C21. The van der Waals surface area contributed by atoms with E-state index < -0.39 is 23.4 Å². The molecule has 1 atom stereocenters. The predicted octanol–water partition coefficient (Wildman–Crippen LogP) is 3.64. The maximum Gasteiger partial charge on any atom is 0.330 e. The van der Waals surface area contributed by atoms with Crippen LogP contribution in [-0.2, 0) is 37.4 Å². The number of esters is 2. The molecule has 1 aromatic heterocycles. The van der Waals surface area contributed by atoms with Crippen molar-refractivity contribution in [1.29, 1.82) is 0 Å². The number of aromatic nitrogens is 1. The van der Waals surface area contributed by atoms with E-state index in [1.165, 1.54) is 0 Å². The second-order valence-corrected chi connectivity index (χ2v) is 8.09. The maximum atomic E-state index is 13.7. The van der Waals surface area contributed by atoms with Crippen molar-refractivity contribution < 1.29 is 19.1 Å². The standard InChI is InChI=1S/C25H26N2O4/c1-3-30-23(28)25(24(29)31-4-2)19-11-7-5-9-16(19)15-27-14-13-18-17-10-6-8-12-20(17)26-21(18)22(25)27/h5-12,22,26H,3-4,13-15H2,1-2H3. The van der Waals surface area contributed by atoms with Gasteiger partial charge < -0.3 is 14.5 Å². The van der Waals surface area contributed by atoms with Gasteiger partial charge in [0.05, 0.1) is 19.3 Å². The van der Waals surface area contributed by atoms with Gasteiger partial charge in [0, 0.05) is 29.7 Å². The van der Waals surface area contributed by atoms with Crippen LogP contribution in [0.1, 0.15) is 42.3 Å². The second kappa shape index (κ2) is 7.54. The minimum Gasteiger partial charge on any atom is -0.465 e. The number of rotatable bonds is 4. The summed E-state index contributed by atoms with van der Waals surface area (Å²) in [5.74, 6) is -1.11. The van der Waals surface area contributed by atoms with E-state index >= 15 is 0 Å². The number of fused-ring (bicyclic) bond motifs is 6. The molecule has 31 heavy (non-hydrogen) atoms. The lowest BCUT2D eigenvalue weighted by atomic mass is 9.66. The smallest absolute Gasteiger partial charge is 0.330 e. The Kier molecular flexibility index (Phi) is 4.82. The van der Waals surface area contributed by atoms with Gasteiger partial charge in [0.15, 0.2) is 0 Å². The van der Waals surface area contributed by atoms with Crippen molar-refractivity contribution >= 4 is 22.8 Å². The summed E-state index contributed by atoms with van der Waals surface area (Å²) in [7, 11) is 0. The summed E-state index contributed by atoms with van der Waals surface area (Å²) in [4.78, 5) is 33.2. The van der Waals surface area contributed by atoms with E-state index in [0.717, 1.165) is 40.7 Å². The van der Waals surface area contributed by atoms with Crippen molar-refractivity contribution in [2.75, 3.05) is 19.8 Å². The molecular weight excluding hydrogens is 392 g/mol. The first-order chi connectivity index (χ1) is 15.1. The van der Waals surface area contributed by atoms with Crippen molar-refractivity contribution in [3.8, 4) is 0 Å². The summed E-state index contributed by atoms with van der Waals surface area (Å²) in [5.41, 5.74) is 3.13. The first kappa shape index (κ1) is 19.8. The van der Waals surface area contributed by atoms with Gasteiger partial charge in [-0.15, -0.1) is 0 Å².